The molecule has 0 saturated carbocycles. The molecule has 0 aliphatic carbocycles. The van der Waals surface area contributed by atoms with Crippen LogP contribution in [0.5, 0.6) is 0 Å². The number of rotatable bonds is 1. The van der Waals surface area contributed by atoms with E-state index in [2.05, 4.69) is 21.1 Å². The number of aromatic nitrogens is 4. The molecule has 28 heavy (non-hydrogen) atoms. The maximum atomic E-state index is 9.72. The summed E-state index contributed by atoms with van der Waals surface area (Å²) in [6, 6.07) is 6.01. The summed E-state index contributed by atoms with van der Waals surface area (Å²) in [5.74, 6) is 0.215. The van der Waals surface area contributed by atoms with Crippen LogP contribution in [0, 0.1) is 11.3 Å². The molecule has 3 aromatic rings. The summed E-state index contributed by atoms with van der Waals surface area (Å²) in [6.45, 7) is 7.65. The molecule has 144 valence electrons. The number of hydrogen-bond acceptors (Lipinski definition) is 7. The second kappa shape index (κ2) is 6.58. The van der Waals surface area contributed by atoms with Gasteiger partial charge in [-0.2, -0.15) is 10.4 Å². The Labute approximate surface area is 161 Å². The Balaban J connectivity index is 0.000000706. The number of carbonyl (C=O) groups is 1. The summed E-state index contributed by atoms with van der Waals surface area (Å²) in [5, 5.41) is 20.7. The summed E-state index contributed by atoms with van der Waals surface area (Å²) < 4.78 is 7.91. The maximum absolute atomic E-state index is 9.72. The first kappa shape index (κ1) is 19.3. The highest BCUT2D eigenvalue weighted by Crippen LogP contribution is 2.51. The number of anilines is 1. The van der Waals surface area contributed by atoms with Gasteiger partial charge in [0.1, 0.15) is 29.4 Å². The van der Waals surface area contributed by atoms with Gasteiger partial charge in [0.2, 0.25) is 0 Å². The van der Waals surface area contributed by atoms with Gasteiger partial charge in [0.25, 0.3) is 6.47 Å². The molecule has 0 fully saturated rings. The van der Waals surface area contributed by atoms with E-state index in [-0.39, 0.29) is 12.3 Å². The van der Waals surface area contributed by atoms with E-state index in [4.69, 9.17) is 20.4 Å². The quantitative estimate of drug-likeness (QED) is 0.614. The van der Waals surface area contributed by atoms with E-state index >= 15 is 0 Å². The first-order chi connectivity index (χ1) is 13.2. The van der Waals surface area contributed by atoms with Crippen molar-refractivity contribution in [3.05, 3.63) is 41.5 Å². The highest BCUT2D eigenvalue weighted by atomic mass is 16.5. The van der Waals surface area contributed by atoms with Crippen LogP contribution in [0.15, 0.2) is 24.7 Å². The molecule has 9 heteroatoms. The molecule has 0 radical (unpaired) electrons. The van der Waals surface area contributed by atoms with Crippen LogP contribution in [-0.2, 0) is 20.7 Å². The monoisotopic (exact) mass is 380 g/mol. The third-order valence-corrected chi connectivity index (χ3v) is 4.59. The molecule has 0 amide bonds. The minimum Gasteiger partial charge on any atom is -0.483 e. The molecule has 0 bridgehead atoms. The number of carboxylic acid groups (broad SMARTS) is 1. The minimum absolute atomic E-state index is 0.215. The number of nitrogens with two attached hydrogens (primary N) is 1. The van der Waals surface area contributed by atoms with Crippen molar-refractivity contribution < 1.29 is 14.6 Å². The Bertz CT molecular complexity index is 1110. The van der Waals surface area contributed by atoms with Crippen molar-refractivity contribution in [1.82, 2.24) is 19.6 Å². The van der Waals surface area contributed by atoms with Gasteiger partial charge < -0.3 is 15.6 Å². The second-order valence-electron chi connectivity index (χ2n) is 7.29. The van der Waals surface area contributed by atoms with Gasteiger partial charge >= 0.3 is 0 Å². The first-order valence-corrected chi connectivity index (χ1v) is 8.48. The lowest BCUT2D eigenvalue weighted by molar-refractivity contribution is -0.122. The average molecular weight is 380 g/mol. The molecule has 3 N–H and O–H groups in total. The Kier molecular flexibility index (Phi) is 4.53. The van der Waals surface area contributed by atoms with Gasteiger partial charge in [0.05, 0.1) is 11.3 Å². The minimum atomic E-state index is -0.597. The van der Waals surface area contributed by atoms with Crippen LogP contribution in [0.3, 0.4) is 0 Å². The number of fused-ring (bicyclic) bond motifs is 2. The standard InChI is InChI=1S/C18H18N6O.CH2O2/c1-17(2)14-13(10-5-6-24-12(7-10)21-9-22-24)11(8-19)16(20)23-15(14)18(3,4)25-17;2-1-3/h5-7,9H,1-4H3,(H2,20,23);1H,(H,2,3). The molecule has 0 atom stereocenters. The lowest BCUT2D eigenvalue weighted by atomic mass is 9.85. The fourth-order valence-electron chi connectivity index (χ4n) is 3.74. The summed E-state index contributed by atoms with van der Waals surface area (Å²) in [5.41, 5.74) is 9.26. The molecule has 9 nitrogen and oxygen atoms in total. The third-order valence-electron chi connectivity index (χ3n) is 4.59. The largest absolute Gasteiger partial charge is 0.483 e. The number of hydrogen-bond donors (Lipinski definition) is 2. The molecule has 1 aliphatic rings. The fraction of sp³-hybridized carbons (Fsp3) is 0.316. The first-order valence-electron chi connectivity index (χ1n) is 8.48. The predicted octanol–water partition coefficient (Wildman–Crippen LogP) is 2.45. The van der Waals surface area contributed by atoms with Crippen LogP contribution < -0.4 is 5.73 Å². The Hall–Kier alpha value is -3.51. The van der Waals surface area contributed by atoms with Crippen LogP contribution >= 0.6 is 0 Å². The smallest absolute Gasteiger partial charge is 0.290 e. The van der Waals surface area contributed by atoms with E-state index < -0.39 is 11.2 Å². The topological polar surface area (TPSA) is 139 Å². The Morgan fingerprint density at radius 2 is 2.00 bits per heavy atom. The molecule has 0 unspecified atom stereocenters. The Morgan fingerprint density at radius 1 is 1.32 bits per heavy atom. The fourth-order valence-corrected chi connectivity index (χ4v) is 3.74. The number of nitrogen functional groups attached to an aromatic ring is 1. The SMILES string of the molecule is CC1(C)OC(C)(C)c2c1nc(N)c(C#N)c2-c1ccn2ncnc2c1.O=CO. The van der Waals surface area contributed by atoms with Crippen molar-refractivity contribution in [2.24, 2.45) is 0 Å². The Morgan fingerprint density at radius 3 is 2.64 bits per heavy atom. The molecule has 0 saturated heterocycles. The van der Waals surface area contributed by atoms with Gasteiger partial charge in [0.15, 0.2) is 5.65 Å². The molecule has 4 heterocycles. The average Bonchev–Trinajstić information content (AvgIpc) is 3.14. The maximum Gasteiger partial charge on any atom is 0.290 e. The molecule has 1 aliphatic heterocycles. The van der Waals surface area contributed by atoms with Gasteiger partial charge in [-0.25, -0.2) is 14.5 Å². The van der Waals surface area contributed by atoms with Gasteiger partial charge in [-0.15, -0.1) is 0 Å². The van der Waals surface area contributed by atoms with Crippen LogP contribution in [-0.4, -0.2) is 31.2 Å². The summed E-state index contributed by atoms with van der Waals surface area (Å²) in [7, 11) is 0. The van der Waals surface area contributed by atoms with E-state index in [1.807, 2.05) is 46.0 Å². The summed E-state index contributed by atoms with van der Waals surface area (Å²) in [4.78, 5) is 17.1. The van der Waals surface area contributed by atoms with Gasteiger partial charge in [-0.3, -0.25) is 4.79 Å². The number of pyridine rings is 2. The zero-order valence-corrected chi connectivity index (χ0v) is 16.0. The zero-order chi connectivity index (χ0) is 20.7. The number of nitriles is 1. The lowest BCUT2D eigenvalue weighted by Crippen LogP contribution is -2.23. The van der Waals surface area contributed by atoms with E-state index in [0.29, 0.717) is 11.2 Å². The van der Waals surface area contributed by atoms with Crippen molar-refractivity contribution in [1.29, 1.82) is 5.26 Å². The van der Waals surface area contributed by atoms with Gasteiger partial charge in [-0.1, -0.05) is 0 Å². The summed E-state index contributed by atoms with van der Waals surface area (Å²) in [6.07, 6.45) is 3.31. The predicted molar refractivity (Wildman–Crippen MR) is 101 cm³/mol. The van der Waals surface area contributed by atoms with E-state index in [0.717, 1.165) is 22.4 Å². The highest BCUT2D eigenvalue weighted by molar-refractivity contribution is 5.82. The van der Waals surface area contributed by atoms with Crippen LogP contribution in [0.25, 0.3) is 16.8 Å². The van der Waals surface area contributed by atoms with Gasteiger partial charge in [0, 0.05) is 17.3 Å². The van der Waals surface area contributed by atoms with Crippen molar-refractivity contribution in [3.8, 4) is 17.2 Å². The van der Waals surface area contributed by atoms with Crippen molar-refractivity contribution in [3.63, 3.8) is 0 Å². The normalized spacial score (nSPS) is 16.0. The molecular weight excluding hydrogens is 360 g/mol. The molecule has 3 aromatic heterocycles. The van der Waals surface area contributed by atoms with E-state index in [9.17, 15) is 5.26 Å². The third kappa shape index (κ3) is 2.93. The van der Waals surface area contributed by atoms with Crippen LogP contribution in [0.2, 0.25) is 0 Å². The van der Waals surface area contributed by atoms with E-state index in [1.54, 1.807) is 4.52 Å². The van der Waals surface area contributed by atoms with Crippen molar-refractivity contribution in [2.45, 2.75) is 38.9 Å². The zero-order valence-electron chi connectivity index (χ0n) is 16.0. The van der Waals surface area contributed by atoms with Crippen LogP contribution in [0.4, 0.5) is 5.82 Å². The second-order valence-corrected chi connectivity index (χ2v) is 7.29. The lowest BCUT2D eigenvalue weighted by Gasteiger charge is -2.25. The van der Waals surface area contributed by atoms with Crippen LogP contribution in [0.1, 0.15) is 44.5 Å². The molecule has 4 rings (SSSR count). The summed E-state index contributed by atoms with van der Waals surface area (Å²) >= 11 is 0. The van der Waals surface area contributed by atoms with E-state index in [1.165, 1.54) is 6.33 Å². The van der Waals surface area contributed by atoms with Gasteiger partial charge in [-0.05, 0) is 45.4 Å². The highest BCUT2D eigenvalue weighted by Gasteiger charge is 2.47. The number of nitrogens with zero attached hydrogens (tertiary/aromatic N) is 5. The molecular formula is C19H20N6O3. The molecule has 0 aromatic carbocycles. The van der Waals surface area contributed by atoms with Crippen molar-refractivity contribution >= 4 is 17.9 Å². The van der Waals surface area contributed by atoms with Crippen molar-refractivity contribution in [2.75, 3.05) is 5.73 Å². The molecule has 0 spiro atoms. The number of ether oxygens (including phenoxy) is 1.